The molecule has 0 aliphatic rings. The number of aryl methyl sites for hydroxylation is 2. The first-order valence-electron chi connectivity index (χ1n) is 4.85. The Morgan fingerprint density at radius 3 is 2.20 bits per heavy atom. The van der Waals surface area contributed by atoms with Crippen LogP contribution in [0.25, 0.3) is 0 Å². The number of rotatable bonds is 2. The Kier molecular flexibility index (Phi) is 5.94. The zero-order valence-corrected chi connectivity index (χ0v) is 9.12. The molecular weight excluding hydrogens is 192 g/mol. The van der Waals surface area contributed by atoms with Crippen molar-refractivity contribution < 1.29 is 10.2 Å². The van der Waals surface area contributed by atoms with Crippen molar-refractivity contribution in [2.45, 2.75) is 26.7 Å². The van der Waals surface area contributed by atoms with Crippen LogP contribution in [0.1, 0.15) is 25.0 Å². The number of phenols is 2. The first-order chi connectivity index (χ1) is 7.10. The van der Waals surface area contributed by atoms with Crippen molar-refractivity contribution in [2.75, 3.05) is 0 Å². The fourth-order valence-electron chi connectivity index (χ4n) is 1.22. The van der Waals surface area contributed by atoms with Gasteiger partial charge in [0, 0.05) is 0 Å². The van der Waals surface area contributed by atoms with Crippen LogP contribution in [-0.2, 0) is 12.8 Å². The quantitative estimate of drug-likeness (QED) is 0.340. The predicted octanol–water partition coefficient (Wildman–Crippen LogP) is 1.77. The molecule has 0 aromatic heterocycles. The second kappa shape index (κ2) is 6.70. The van der Waals surface area contributed by atoms with E-state index in [9.17, 15) is 10.2 Å². The van der Waals surface area contributed by atoms with Crippen LogP contribution in [0.15, 0.2) is 12.1 Å². The minimum absolute atomic E-state index is 0.00815. The molecule has 15 heavy (non-hydrogen) atoms. The highest BCUT2D eigenvalue weighted by molar-refractivity contribution is 5.47. The molecule has 0 saturated heterocycles. The van der Waals surface area contributed by atoms with E-state index >= 15 is 0 Å². The number of hydrogen-bond donors (Lipinski definition) is 4. The molecule has 0 bridgehead atoms. The third kappa shape index (κ3) is 3.89. The molecule has 84 valence electrons. The molecule has 1 aromatic carbocycles. The molecule has 0 radical (unpaired) electrons. The molecular formula is C11H18N2O2. The SMILES string of the molecule is CCc1cc(O)c(O)c(CC)c1.N=CN. The third-order valence-corrected chi connectivity index (χ3v) is 2.02. The van der Waals surface area contributed by atoms with E-state index < -0.39 is 0 Å². The number of benzene rings is 1. The highest BCUT2D eigenvalue weighted by atomic mass is 16.3. The Hall–Kier alpha value is -1.71. The topological polar surface area (TPSA) is 90.3 Å². The predicted molar refractivity (Wildman–Crippen MR) is 61.5 cm³/mol. The zero-order valence-electron chi connectivity index (χ0n) is 9.12. The van der Waals surface area contributed by atoms with Crippen LogP contribution in [0.5, 0.6) is 11.5 Å². The lowest BCUT2D eigenvalue weighted by Crippen LogP contribution is -1.87. The number of aromatic hydroxyl groups is 2. The van der Waals surface area contributed by atoms with Gasteiger partial charge in [-0.15, -0.1) is 0 Å². The van der Waals surface area contributed by atoms with Crippen LogP contribution in [0.4, 0.5) is 0 Å². The van der Waals surface area contributed by atoms with Crippen molar-refractivity contribution >= 4 is 6.34 Å². The highest BCUT2D eigenvalue weighted by Crippen LogP contribution is 2.30. The first-order valence-corrected chi connectivity index (χ1v) is 4.85. The number of hydrogen-bond acceptors (Lipinski definition) is 3. The molecule has 0 saturated carbocycles. The van der Waals surface area contributed by atoms with Gasteiger partial charge in [-0.25, -0.2) is 0 Å². The molecule has 5 N–H and O–H groups in total. The lowest BCUT2D eigenvalue weighted by atomic mass is 10.1. The fraction of sp³-hybridized carbons (Fsp3) is 0.364. The second-order valence-corrected chi connectivity index (χ2v) is 3.00. The Bertz CT molecular complexity index is 325. The van der Waals surface area contributed by atoms with Gasteiger partial charge in [-0.3, -0.25) is 5.41 Å². The van der Waals surface area contributed by atoms with Gasteiger partial charge in [-0.05, 0) is 30.0 Å². The van der Waals surface area contributed by atoms with Crippen LogP contribution < -0.4 is 5.73 Å². The average molecular weight is 210 g/mol. The molecule has 1 aromatic rings. The standard InChI is InChI=1S/C10H14O2.CH4N2/c1-3-7-5-8(4-2)10(12)9(11)6-7;2-1-3/h5-6,11-12H,3-4H2,1-2H3;1H,(H3,2,3). The summed E-state index contributed by atoms with van der Waals surface area (Å²) in [7, 11) is 0. The molecule has 4 nitrogen and oxygen atoms in total. The second-order valence-electron chi connectivity index (χ2n) is 3.00. The van der Waals surface area contributed by atoms with Gasteiger partial charge in [-0.2, -0.15) is 0 Å². The summed E-state index contributed by atoms with van der Waals surface area (Å²) < 4.78 is 0. The van der Waals surface area contributed by atoms with E-state index in [-0.39, 0.29) is 11.5 Å². The van der Waals surface area contributed by atoms with Crippen LogP contribution in [-0.4, -0.2) is 16.6 Å². The van der Waals surface area contributed by atoms with E-state index in [1.54, 1.807) is 6.07 Å². The summed E-state index contributed by atoms with van der Waals surface area (Å²) in [6, 6.07) is 3.53. The summed E-state index contributed by atoms with van der Waals surface area (Å²) in [5, 5.41) is 24.5. The van der Waals surface area contributed by atoms with E-state index in [2.05, 4.69) is 5.73 Å². The van der Waals surface area contributed by atoms with Crippen LogP contribution in [0.2, 0.25) is 0 Å². The number of phenolic OH excluding ortho intramolecular Hbond substituents is 2. The summed E-state index contributed by atoms with van der Waals surface area (Å²) in [5.41, 5.74) is 6.26. The van der Waals surface area contributed by atoms with Gasteiger partial charge >= 0.3 is 0 Å². The molecule has 0 fully saturated rings. The molecule has 0 aliphatic heterocycles. The Labute approximate surface area is 89.9 Å². The largest absolute Gasteiger partial charge is 0.504 e. The smallest absolute Gasteiger partial charge is 0.160 e. The van der Waals surface area contributed by atoms with Gasteiger partial charge in [0.25, 0.3) is 0 Å². The monoisotopic (exact) mass is 210 g/mol. The maximum Gasteiger partial charge on any atom is 0.160 e. The number of nitrogens with one attached hydrogen (secondary N) is 1. The minimum atomic E-state index is -0.00815. The first kappa shape index (κ1) is 13.3. The van der Waals surface area contributed by atoms with Gasteiger partial charge in [0.15, 0.2) is 11.5 Å². The summed E-state index contributed by atoms with van der Waals surface area (Å²) in [6.45, 7) is 3.97. The molecule has 0 atom stereocenters. The molecule has 4 heteroatoms. The van der Waals surface area contributed by atoms with Crippen molar-refractivity contribution in [3.63, 3.8) is 0 Å². The average Bonchev–Trinajstić information content (AvgIpc) is 2.23. The Balaban J connectivity index is 0.000000583. The maximum atomic E-state index is 9.37. The normalized spacial score (nSPS) is 8.93. The van der Waals surface area contributed by atoms with E-state index in [0.717, 1.165) is 30.3 Å². The molecule has 1 rings (SSSR count). The maximum absolute atomic E-state index is 9.37. The van der Waals surface area contributed by atoms with E-state index in [1.807, 2.05) is 19.9 Å². The molecule has 0 aliphatic carbocycles. The van der Waals surface area contributed by atoms with Gasteiger partial charge in [-0.1, -0.05) is 19.9 Å². The number of nitrogens with two attached hydrogens (primary N) is 1. The zero-order chi connectivity index (χ0) is 11.8. The van der Waals surface area contributed by atoms with Crippen molar-refractivity contribution in [1.82, 2.24) is 0 Å². The molecule has 0 spiro atoms. The molecule has 0 unspecified atom stereocenters. The van der Waals surface area contributed by atoms with Gasteiger partial charge in [0.2, 0.25) is 0 Å². The van der Waals surface area contributed by atoms with Crippen LogP contribution >= 0.6 is 0 Å². The van der Waals surface area contributed by atoms with Crippen molar-refractivity contribution in [3.05, 3.63) is 23.3 Å². The van der Waals surface area contributed by atoms with Crippen LogP contribution in [0, 0.1) is 5.41 Å². The van der Waals surface area contributed by atoms with Gasteiger partial charge in [0.05, 0.1) is 6.34 Å². The summed E-state index contributed by atoms with van der Waals surface area (Å²) in [6.07, 6.45) is 2.37. The van der Waals surface area contributed by atoms with Gasteiger partial charge in [0.1, 0.15) is 0 Å². The highest BCUT2D eigenvalue weighted by Gasteiger charge is 2.05. The fourth-order valence-corrected chi connectivity index (χ4v) is 1.22. The summed E-state index contributed by atoms with van der Waals surface area (Å²) in [4.78, 5) is 0. The van der Waals surface area contributed by atoms with E-state index in [4.69, 9.17) is 5.41 Å². The van der Waals surface area contributed by atoms with Crippen molar-refractivity contribution in [1.29, 1.82) is 5.41 Å². The lowest BCUT2D eigenvalue weighted by Gasteiger charge is -2.06. The Morgan fingerprint density at radius 1 is 1.27 bits per heavy atom. The lowest BCUT2D eigenvalue weighted by molar-refractivity contribution is 0.399. The Morgan fingerprint density at radius 2 is 1.80 bits per heavy atom. The summed E-state index contributed by atoms with van der Waals surface area (Å²) >= 11 is 0. The summed E-state index contributed by atoms with van der Waals surface area (Å²) in [5.74, 6) is 0.0147. The van der Waals surface area contributed by atoms with Crippen LogP contribution in [0.3, 0.4) is 0 Å². The third-order valence-electron chi connectivity index (χ3n) is 2.02. The molecule has 0 heterocycles. The van der Waals surface area contributed by atoms with E-state index in [0.29, 0.717) is 0 Å². The van der Waals surface area contributed by atoms with Crippen molar-refractivity contribution in [2.24, 2.45) is 5.73 Å². The minimum Gasteiger partial charge on any atom is -0.504 e. The molecule has 0 amide bonds. The van der Waals surface area contributed by atoms with E-state index in [1.165, 1.54) is 0 Å². The van der Waals surface area contributed by atoms with Gasteiger partial charge < -0.3 is 15.9 Å². The van der Waals surface area contributed by atoms with Crippen molar-refractivity contribution in [3.8, 4) is 11.5 Å².